The van der Waals surface area contributed by atoms with Crippen LogP contribution in [-0.4, -0.2) is 42.3 Å². The molecule has 1 aliphatic rings. The van der Waals surface area contributed by atoms with Crippen LogP contribution in [0.15, 0.2) is 61.4 Å². The Balaban J connectivity index is 2.77. The molecule has 0 bridgehead atoms. The fourth-order valence-electron chi connectivity index (χ4n) is 2.49. The Bertz CT molecular complexity index is 672. The number of hydrogen-bond donors (Lipinski definition) is 1. The maximum Gasteiger partial charge on any atom is 0.330 e. The molecule has 0 aromatic carbocycles. The molecule has 1 rings (SSSR count). The molecule has 0 saturated carbocycles. The quantitative estimate of drug-likeness (QED) is 0.190. The van der Waals surface area contributed by atoms with E-state index in [0.29, 0.717) is 5.76 Å². The average Bonchev–Trinajstić information content (AvgIpc) is 2.69. The van der Waals surface area contributed by atoms with Crippen LogP contribution in [0.1, 0.15) is 19.8 Å². The molecular weight excluding hydrogens is 364 g/mol. The summed E-state index contributed by atoms with van der Waals surface area (Å²) in [6.07, 6.45) is 10.9. The highest BCUT2D eigenvalue weighted by molar-refractivity contribution is 5.82. The van der Waals surface area contributed by atoms with Crippen LogP contribution in [0.5, 0.6) is 0 Å². The molecular formula is C21H26O7. The summed E-state index contributed by atoms with van der Waals surface area (Å²) in [5.74, 6) is -3.46. The number of allylic oxidation sites excluding steroid dienone is 7. The number of hydrogen-bond acceptors (Lipinski definition) is 6. The van der Waals surface area contributed by atoms with Crippen molar-refractivity contribution in [3.05, 3.63) is 61.4 Å². The number of carboxylic acid groups (broad SMARTS) is 1. The summed E-state index contributed by atoms with van der Waals surface area (Å²) in [7, 11) is 0. The van der Waals surface area contributed by atoms with Gasteiger partial charge in [-0.15, -0.1) is 0 Å². The van der Waals surface area contributed by atoms with Gasteiger partial charge >= 0.3 is 17.9 Å². The van der Waals surface area contributed by atoms with E-state index in [-0.39, 0.29) is 26.1 Å². The lowest BCUT2D eigenvalue weighted by molar-refractivity contribution is -0.168. The van der Waals surface area contributed by atoms with Crippen LogP contribution in [0.2, 0.25) is 0 Å². The van der Waals surface area contributed by atoms with Crippen LogP contribution in [0.4, 0.5) is 0 Å². The average molecular weight is 390 g/mol. The second-order valence-electron chi connectivity index (χ2n) is 6.10. The maximum atomic E-state index is 12.5. The standard InChI is InChI=1S/C21H26O7/c1-4-6-7-10-15(3)26-13-16(14-27-19(22)5-2)28-21(25)18-12-9-8-11-17(18)20(23)24/h4-10,16-18H,1-2,11-14H2,3H3,(H,23,24)/b7-6-,15-10+. The summed E-state index contributed by atoms with van der Waals surface area (Å²) in [5.41, 5.74) is 0. The van der Waals surface area contributed by atoms with Crippen LogP contribution < -0.4 is 0 Å². The Morgan fingerprint density at radius 1 is 1.11 bits per heavy atom. The molecule has 152 valence electrons. The van der Waals surface area contributed by atoms with Gasteiger partial charge in [-0.05, 0) is 25.8 Å². The zero-order valence-corrected chi connectivity index (χ0v) is 15.9. The van der Waals surface area contributed by atoms with Gasteiger partial charge < -0.3 is 19.3 Å². The minimum Gasteiger partial charge on any atom is -0.494 e. The lowest BCUT2D eigenvalue weighted by Crippen LogP contribution is -2.37. The van der Waals surface area contributed by atoms with Gasteiger partial charge in [0.15, 0.2) is 6.10 Å². The molecule has 3 atom stereocenters. The molecule has 1 aliphatic carbocycles. The SMILES string of the molecule is C=C/C=C\C=C(/C)OCC(COC(=O)C=C)OC(=O)C1CC=CCC1C(=O)O. The lowest BCUT2D eigenvalue weighted by Gasteiger charge is -2.26. The van der Waals surface area contributed by atoms with Gasteiger partial charge in [0.25, 0.3) is 0 Å². The van der Waals surface area contributed by atoms with Crippen molar-refractivity contribution in [2.45, 2.75) is 25.9 Å². The summed E-state index contributed by atoms with van der Waals surface area (Å²) >= 11 is 0. The minimum absolute atomic E-state index is 0.0548. The lowest BCUT2D eigenvalue weighted by atomic mass is 9.83. The van der Waals surface area contributed by atoms with Gasteiger partial charge in [0.1, 0.15) is 13.2 Å². The van der Waals surface area contributed by atoms with Crippen LogP contribution in [0.25, 0.3) is 0 Å². The van der Waals surface area contributed by atoms with E-state index in [1.165, 1.54) is 0 Å². The third kappa shape index (κ3) is 8.07. The summed E-state index contributed by atoms with van der Waals surface area (Å²) in [6, 6.07) is 0. The Labute approximate surface area is 164 Å². The highest BCUT2D eigenvalue weighted by atomic mass is 16.6. The van der Waals surface area contributed by atoms with E-state index in [4.69, 9.17) is 14.2 Å². The van der Waals surface area contributed by atoms with E-state index in [0.717, 1.165) is 6.08 Å². The number of carbonyl (C=O) groups excluding carboxylic acids is 2. The van der Waals surface area contributed by atoms with Crippen molar-refractivity contribution >= 4 is 17.9 Å². The Morgan fingerprint density at radius 2 is 1.75 bits per heavy atom. The van der Waals surface area contributed by atoms with Gasteiger partial charge in [0.05, 0.1) is 17.6 Å². The molecule has 1 N–H and O–H groups in total. The van der Waals surface area contributed by atoms with Crippen molar-refractivity contribution < 1.29 is 33.7 Å². The van der Waals surface area contributed by atoms with Crippen molar-refractivity contribution in [2.75, 3.05) is 13.2 Å². The molecule has 0 heterocycles. The van der Waals surface area contributed by atoms with E-state index < -0.39 is 35.8 Å². The third-order valence-corrected chi connectivity index (χ3v) is 3.99. The number of carbonyl (C=O) groups is 3. The molecule has 28 heavy (non-hydrogen) atoms. The zero-order valence-electron chi connectivity index (χ0n) is 15.9. The van der Waals surface area contributed by atoms with Crippen LogP contribution in [0, 0.1) is 11.8 Å². The van der Waals surface area contributed by atoms with E-state index in [2.05, 4.69) is 13.2 Å². The predicted octanol–water partition coefficient (Wildman–Crippen LogP) is 2.96. The van der Waals surface area contributed by atoms with Crippen molar-refractivity contribution in [1.82, 2.24) is 0 Å². The molecule has 0 aromatic heterocycles. The van der Waals surface area contributed by atoms with Gasteiger partial charge in [-0.2, -0.15) is 0 Å². The number of carboxylic acids is 1. The predicted molar refractivity (Wildman–Crippen MR) is 103 cm³/mol. The molecule has 0 radical (unpaired) electrons. The summed E-state index contributed by atoms with van der Waals surface area (Å²) in [6.45, 7) is 8.30. The summed E-state index contributed by atoms with van der Waals surface area (Å²) in [5, 5.41) is 9.31. The monoisotopic (exact) mass is 390 g/mol. The Morgan fingerprint density at radius 3 is 2.36 bits per heavy atom. The number of aliphatic carboxylic acids is 1. The van der Waals surface area contributed by atoms with E-state index in [9.17, 15) is 19.5 Å². The summed E-state index contributed by atoms with van der Waals surface area (Å²) in [4.78, 5) is 35.2. The molecule has 0 aliphatic heterocycles. The van der Waals surface area contributed by atoms with Crippen molar-refractivity contribution in [3.8, 4) is 0 Å². The van der Waals surface area contributed by atoms with Gasteiger partial charge in [0.2, 0.25) is 0 Å². The third-order valence-electron chi connectivity index (χ3n) is 3.99. The normalized spacial score (nSPS) is 20.2. The molecule has 7 nitrogen and oxygen atoms in total. The molecule has 0 amide bonds. The van der Waals surface area contributed by atoms with E-state index in [1.54, 1.807) is 43.4 Å². The Hall–Kier alpha value is -3.09. The van der Waals surface area contributed by atoms with Gasteiger partial charge in [0, 0.05) is 6.08 Å². The van der Waals surface area contributed by atoms with Gasteiger partial charge in [-0.1, -0.05) is 43.5 Å². The maximum absolute atomic E-state index is 12.5. The zero-order chi connectivity index (χ0) is 20.9. The van der Waals surface area contributed by atoms with Crippen molar-refractivity contribution in [1.29, 1.82) is 0 Å². The Kier molecular flexibility index (Phi) is 10.1. The molecule has 0 spiro atoms. The largest absolute Gasteiger partial charge is 0.494 e. The van der Waals surface area contributed by atoms with E-state index in [1.807, 2.05) is 0 Å². The fraction of sp³-hybridized carbons (Fsp3) is 0.381. The highest BCUT2D eigenvalue weighted by Crippen LogP contribution is 2.27. The highest BCUT2D eigenvalue weighted by Gasteiger charge is 2.36. The second kappa shape index (κ2) is 12.3. The second-order valence-corrected chi connectivity index (χ2v) is 6.10. The van der Waals surface area contributed by atoms with Crippen LogP contribution in [0.3, 0.4) is 0 Å². The first-order valence-electron chi connectivity index (χ1n) is 8.85. The van der Waals surface area contributed by atoms with E-state index >= 15 is 0 Å². The van der Waals surface area contributed by atoms with Crippen LogP contribution >= 0.6 is 0 Å². The molecule has 7 heteroatoms. The summed E-state index contributed by atoms with van der Waals surface area (Å²) < 4.78 is 15.9. The molecule has 0 saturated heterocycles. The first kappa shape index (κ1) is 23.0. The smallest absolute Gasteiger partial charge is 0.330 e. The number of esters is 2. The van der Waals surface area contributed by atoms with Crippen molar-refractivity contribution in [3.63, 3.8) is 0 Å². The molecule has 0 fully saturated rings. The topological polar surface area (TPSA) is 99.1 Å². The molecule has 3 unspecified atom stereocenters. The minimum atomic E-state index is -1.05. The van der Waals surface area contributed by atoms with Gasteiger partial charge in [-0.3, -0.25) is 9.59 Å². The number of rotatable bonds is 11. The molecule has 0 aromatic rings. The fourth-order valence-corrected chi connectivity index (χ4v) is 2.49. The van der Waals surface area contributed by atoms with Gasteiger partial charge in [-0.25, -0.2) is 4.79 Å². The van der Waals surface area contributed by atoms with Crippen molar-refractivity contribution in [2.24, 2.45) is 11.8 Å². The first-order chi connectivity index (χ1) is 13.4. The van der Waals surface area contributed by atoms with Crippen LogP contribution in [-0.2, 0) is 28.6 Å². The number of ether oxygens (including phenoxy) is 3. The first-order valence-corrected chi connectivity index (χ1v) is 8.85.